The zero-order valence-electron chi connectivity index (χ0n) is 25.1. The topological polar surface area (TPSA) is 99.6 Å². The fourth-order valence-electron chi connectivity index (χ4n) is 5.73. The predicted molar refractivity (Wildman–Crippen MR) is 158 cm³/mol. The normalized spacial score (nSPS) is 29.5. The largest absolute Gasteiger partial charge is 0.457 e. The summed E-state index contributed by atoms with van der Waals surface area (Å²) in [4.78, 5) is 43.5. The third-order valence-corrected chi connectivity index (χ3v) is 8.39. The van der Waals surface area contributed by atoms with Gasteiger partial charge in [-0.3, -0.25) is 9.59 Å². The molecule has 0 bridgehead atoms. The average Bonchev–Trinajstić information content (AvgIpc) is 3.37. The highest BCUT2D eigenvalue weighted by Crippen LogP contribution is 2.28. The quantitative estimate of drug-likeness (QED) is 0.413. The van der Waals surface area contributed by atoms with Crippen molar-refractivity contribution in [3.63, 3.8) is 0 Å². The minimum Gasteiger partial charge on any atom is -0.457 e. The lowest BCUT2D eigenvalue weighted by molar-refractivity contribution is -0.151. The maximum atomic E-state index is 14.6. The number of benzene rings is 1. The van der Waals surface area contributed by atoms with E-state index < -0.39 is 30.1 Å². The number of halogens is 1. The molecule has 3 aliphatic heterocycles. The van der Waals surface area contributed by atoms with Crippen LogP contribution in [0.15, 0.2) is 35.9 Å². The Hall–Kier alpha value is -3.24. The summed E-state index contributed by atoms with van der Waals surface area (Å²) in [5.74, 6) is -1.41. The number of esters is 1. The lowest BCUT2D eigenvalue weighted by Crippen LogP contribution is -2.48. The molecule has 3 aliphatic rings. The van der Waals surface area contributed by atoms with Crippen molar-refractivity contribution in [2.45, 2.75) is 71.2 Å². The van der Waals surface area contributed by atoms with Crippen molar-refractivity contribution >= 4 is 29.7 Å². The number of nitrogens with zero attached hydrogens (tertiary/aromatic N) is 3. The summed E-state index contributed by atoms with van der Waals surface area (Å²) in [5.41, 5.74) is 1.73. The van der Waals surface area contributed by atoms with Gasteiger partial charge in [-0.2, -0.15) is 0 Å². The molecule has 9 nitrogen and oxygen atoms in total. The van der Waals surface area contributed by atoms with Gasteiger partial charge in [0.25, 0.3) is 0 Å². The molecule has 1 N–H and O–H groups in total. The zero-order chi connectivity index (χ0) is 30.4. The number of piperazine rings is 1. The third kappa shape index (κ3) is 8.41. The Bertz CT molecular complexity index is 1190. The molecule has 42 heavy (non-hydrogen) atoms. The smallest absolute Gasteiger partial charge is 0.410 e. The lowest BCUT2D eigenvalue weighted by atomic mass is 9.91. The van der Waals surface area contributed by atoms with E-state index >= 15 is 0 Å². The molecule has 5 atom stereocenters. The van der Waals surface area contributed by atoms with Crippen LogP contribution in [0.1, 0.15) is 58.4 Å². The molecule has 2 saturated heterocycles. The first kappa shape index (κ1) is 31.7. The molecule has 4 rings (SSSR count). The molecule has 2 fully saturated rings. The summed E-state index contributed by atoms with van der Waals surface area (Å²) >= 11 is 0. The number of hydrogen-bond donors (Lipinski definition) is 1. The minimum absolute atomic E-state index is 0.0325. The van der Waals surface area contributed by atoms with Gasteiger partial charge >= 0.3 is 12.1 Å². The van der Waals surface area contributed by atoms with E-state index in [1.807, 2.05) is 40.0 Å². The van der Waals surface area contributed by atoms with Crippen molar-refractivity contribution in [2.75, 3.05) is 44.7 Å². The lowest BCUT2D eigenvalue weighted by Gasteiger charge is -2.33. The van der Waals surface area contributed by atoms with Crippen LogP contribution in [0.25, 0.3) is 6.08 Å². The number of ether oxygens (including phenoxy) is 2. The van der Waals surface area contributed by atoms with Gasteiger partial charge in [-0.1, -0.05) is 26.0 Å². The van der Waals surface area contributed by atoms with Crippen LogP contribution in [0.5, 0.6) is 0 Å². The standard InChI is InChI=1S/C32H44FN3O6/c1-21-7-9-27(37)20-30(39)42-31(22(2)8-10-28(21)41-32(40)35-14-12-34(4)13-15-35)23(3)16-24-17-25(33)19-26(18-24)36-11-5-6-29(36)38/h8,10,16-19,21-22,27-28,31,37H,5-7,9,11-15,20H2,1-4H3/b10-8-,23-16+/t21-,22-,27+,28-,31-/m0/s1. The fraction of sp³-hybridized carbons (Fsp3) is 0.594. The van der Waals surface area contributed by atoms with Crippen LogP contribution in [-0.2, 0) is 19.1 Å². The van der Waals surface area contributed by atoms with Crippen LogP contribution >= 0.6 is 0 Å². The van der Waals surface area contributed by atoms with Crippen LogP contribution in [0.2, 0.25) is 0 Å². The monoisotopic (exact) mass is 585 g/mol. The molecule has 0 radical (unpaired) electrons. The summed E-state index contributed by atoms with van der Waals surface area (Å²) in [6.45, 7) is 9.01. The summed E-state index contributed by atoms with van der Waals surface area (Å²) in [7, 11) is 2.02. The molecule has 1 aromatic rings. The molecule has 1 aromatic carbocycles. The Morgan fingerprint density at radius 2 is 1.81 bits per heavy atom. The first-order chi connectivity index (χ1) is 20.0. The van der Waals surface area contributed by atoms with Gasteiger partial charge in [0.2, 0.25) is 5.91 Å². The molecule has 0 saturated carbocycles. The molecule has 0 spiro atoms. The molecular formula is C32H44FN3O6. The van der Waals surface area contributed by atoms with Crippen LogP contribution in [0.3, 0.4) is 0 Å². The number of aliphatic hydroxyl groups is 1. The van der Waals surface area contributed by atoms with E-state index in [0.717, 1.165) is 19.5 Å². The number of rotatable bonds is 4. The first-order valence-electron chi connectivity index (χ1n) is 15.0. The van der Waals surface area contributed by atoms with Crippen LogP contribution in [-0.4, -0.2) is 91.0 Å². The van der Waals surface area contributed by atoms with E-state index in [9.17, 15) is 23.9 Å². The van der Waals surface area contributed by atoms with E-state index in [2.05, 4.69) is 4.90 Å². The maximum Gasteiger partial charge on any atom is 0.410 e. The van der Waals surface area contributed by atoms with Gasteiger partial charge in [-0.05, 0) is 74.6 Å². The van der Waals surface area contributed by atoms with Crippen LogP contribution in [0, 0.1) is 17.7 Å². The van der Waals surface area contributed by atoms with E-state index in [1.165, 1.54) is 12.1 Å². The Morgan fingerprint density at radius 3 is 2.50 bits per heavy atom. The highest BCUT2D eigenvalue weighted by atomic mass is 19.1. The minimum atomic E-state index is -0.888. The van der Waals surface area contributed by atoms with E-state index in [1.54, 1.807) is 21.9 Å². The van der Waals surface area contributed by atoms with E-state index in [4.69, 9.17) is 9.47 Å². The average molecular weight is 586 g/mol. The van der Waals surface area contributed by atoms with Gasteiger partial charge in [-0.15, -0.1) is 0 Å². The number of likely N-dealkylation sites (N-methyl/N-ethyl adjacent to an activating group) is 1. The molecule has 0 unspecified atom stereocenters. The van der Waals surface area contributed by atoms with Gasteiger partial charge in [0, 0.05) is 50.7 Å². The number of anilines is 1. The summed E-state index contributed by atoms with van der Waals surface area (Å²) in [5, 5.41) is 10.6. The first-order valence-corrected chi connectivity index (χ1v) is 15.0. The second-order valence-corrected chi connectivity index (χ2v) is 12.0. The Labute approximate surface area is 247 Å². The highest BCUT2D eigenvalue weighted by Gasteiger charge is 2.29. The fourth-order valence-corrected chi connectivity index (χ4v) is 5.73. The highest BCUT2D eigenvalue weighted by molar-refractivity contribution is 5.95. The maximum absolute atomic E-state index is 14.6. The van der Waals surface area contributed by atoms with Crippen molar-refractivity contribution in [1.29, 1.82) is 0 Å². The summed E-state index contributed by atoms with van der Waals surface area (Å²) in [6.07, 6.45) is 4.99. The Balaban J connectivity index is 1.57. The molecule has 2 amide bonds. The van der Waals surface area contributed by atoms with Crippen LogP contribution < -0.4 is 4.90 Å². The number of carbonyl (C=O) groups is 3. The Kier molecular flexibility index (Phi) is 10.8. The zero-order valence-corrected chi connectivity index (χ0v) is 25.1. The van der Waals surface area contributed by atoms with Gasteiger partial charge in [0.15, 0.2) is 0 Å². The molecule has 10 heteroatoms. The van der Waals surface area contributed by atoms with Crippen LogP contribution in [0.4, 0.5) is 14.9 Å². The third-order valence-electron chi connectivity index (χ3n) is 8.39. The van der Waals surface area contributed by atoms with Crippen molar-refractivity contribution in [1.82, 2.24) is 9.80 Å². The summed E-state index contributed by atoms with van der Waals surface area (Å²) in [6, 6.07) is 4.49. The number of amides is 2. The molecule has 3 heterocycles. The predicted octanol–water partition coefficient (Wildman–Crippen LogP) is 4.39. The Morgan fingerprint density at radius 1 is 1.07 bits per heavy atom. The van der Waals surface area contributed by atoms with E-state index in [0.29, 0.717) is 55.7 Å². The molecule has 0 aromatic heterocycles. The summed E-state index contributed by atoms with van der Waals surface area (Å²) < 4.78 is 26.4. The number of aliphatic hydroxyl groups excluding tert-OH is 1. The second kappa shape index (κ2) is 14.3. The molecule has 0 aliphatic carbocycles. The van der Waals surface area contributed by atoms with Crippen molar-refractivity contribution < 1.29 is 33.4 Å². The van der Waals surface area contributed by atoms with Gasteiger partial charge in [0.05, 0.1) is 12.5 Å². The van der Waals surface area contributed by atoms with E-state index in [-0.39, 0.29) is 30.3 Å². The van der Waals surface area contributed by atoms with Crippen molar-refractivity contribution in [2.24, 2.45) is 11.8 Å². The van der Waals surface area contributed by atoms with Crippen molar-refractivity contribution in [3.05, 3.63) is 47.3 Å². The second-order valence-electron chi connectivity index (χ2n) is 12.0. The molecular weight excluding hydrogens is 541 g/mol. The van der Waals surface area contributed by atoms with Gasteiger partial charge in [-0.25, -0.2) is 9.18 Å². The SMILES string of the molecule is C/C(=C\c1cc(F)cc(N2CCCC2=O)c1)[C@H]1OC(=O)C[C@H](O)CC[C@H](C)[C@@H](OC(=O)N2CCN(C)CC2)/C=C\[C@@H]1C. The van der Waals surface area contributed by atoms with Crippen molar-refractivity contribution in [3.8, 4) is 0 Å². The van der Waals surface area contributed by atoms with Gasteiger partial charge < -0.3 is 29.3 Å². The molecule has 230 valence electrons. The number of cyclic esters (lactones) is 1. The van der Waals surface area contributed by atoms with Gasteiger partial charge in [0.1, 0.15) is 18.0 Å². The number of carbonyl (C=O) groups excluding carboxylic acids is 3. The number of hydrogen-bond acceptors (Lipinski definition) is 7.